The summed E-state index contributed by atoms with van der Waals surface area (Å²) in [4.78, 5) is 0. The summed E-state index contributed by atoms with van der Waals surface area (Å²) in [6, 6.07) is 24.7. The summed E-state index contributed by atoms with van der Waals surface area (Å²) in [6.07, 6.45) is 0. The molecule has 3 aromatic rings. The van der Waals surface area contributed by atoms with Crippen molar-refractivity contribution in [3.8, 4) is 0 Å². The van der Waals surface area contributed by atoms with Gasteiger partial charge < -0.3 is 0 Å². The number of rotatable bonds is 0. The van der Waals surface area contributed by atoms with Crippen molar-refractivity contribution >= 4 is 0 Å². The van der Waals surface area contributed by atoms with Crippen LogP contribution in [0.4, 0.5) is 0 Å². The second-order valence-corrected chi connectivity index (χ2v) is 4.39. The van der Waals surface area contributed by atoms with E-state index in [2.05, 4.69) is 57.2 Å². The van der Waals surface area contributed by atoms with Crippen LogP contribution in [0.2, 0.25) is 0 Å². The van der Waals surface area contributed by atoms with E-state index in [-0.39, 0.29) is 25.8 Å². The van der Waals surface area contributed by atoms with Crippen LogP contribution in [-0.2, 0) is 25.8 Å². The van der Waals surface area contributed by atoms with Gasteiger partial charge in [-0.25, -0.2) is 36.4 Å². The van der Waals surface area contributed by atoms with Crippen LogP contribution < -0.4 is 0 Å². The first-order chi connectivity index (χ1) is 8.68. The van der Waals surface area contributed by atoms with Crippen molar-refractivity contribution in [1.82, 2.24) is 0 Å². The van der Waals surface area contributed by atoms with E-state index in [0.29, 0.717) is 0 Å². The summed E-state index contributed by atoms with van der Waals surface area (Å²) in [7, 11) is 0. The van der Waals surface area contributed by atoms with Crippen LogP contribution in [0.25, 0.3) is 0 Å². The first-order valence-corrected chi connectivity index (χ1v) is 6.23. The molecule has 0 fully saturated rings. The summed E-state index contributed by atoms with van der Waals surface area (Å²) in [6.45, 7) is 6.25. The third-order valence-electron chi connectivity index (χ3n) is 2.49. The fourth-order valence-corrected chi connectivity index (χ4v) is 1.41. The molecule has 0 unspecified atom stereocenters. The Morgan fingerprint density at radius 2 is 0.579 bits per heavy atom. The van der Waals surface area contributed by atoms with Crippen LogP contribution in [0.1, 0.15) is 16.7 Å². The second kappa shape index (κ2) is 10.8. The van der Waals surface area contributed by atoms with Crippen LogP contribution in [0.5, 0.6) is 0 Å². The Balaban J connectivity index is 0.000000249. The Kier molecular flexibility index (Phi) is 10.2. The average molecular weight is 282 g/mol. The molecule has 3 aromatic carbocycles. The predicted octanol–water partition coefficient (Wildman–Crippen LogP) is 5.14. The Labute approximate surface area is 136 Å². The largest absolute Gasteiger partial charge is 3.00 e. The Hall–Kier alpha value is -1.08. The van der Waals surface area contributed by atoms with E-state index in [1.807, 2.05) is 36.4 Å². The van der Waals surface area contributed by atoms with Crippen molar-refractivity contribution in [2.75, 3.05) is 0 Å². The predicted molar refractivity (Wildman–Crippen MR) is 80.3 cm³/mol. The SMILES string of the molecule is C[c-]1cccc1.C[c-]1cccc1.C[c-]1cccc1.[Sc+3]. The summed E-state index contributed by atoms with van der Waals surface area (Å²) in [5.74, 6) is 0. The van der Waals surface area contributed by atoms with E-state index in [9.17, 15) is 0 Å². The normalized spacial score (nSPS) is 8.37. The molecule has 0 aromatic heterocycles. The third-order valence-corrected chi connectivity index (χ3v) is 2.49. The van der Waals surface area contributed by atoms with Gasteiger partial charge in [-0.2, -0.15) is 53.1 Å². The fourth-order valence-electron chi connectivity index (χ4n) is 1.41. The molecular weight excluding hydrogens is 261 g/mol. The van der Waals surface area contributed by atoms with Crippen LogP contribution in [0.15, 0.2) is 72.8 Å². The molecule has 0 aliphatic rings. The van der Waals surface area contributed by atoms with E-state index < -0.39 is 0 Å². The van der Waals surface area contributed by atoms with Gasteiger partial charge in [0, 0.05) is 0 Å². The molecule has 0 atom stereocenters. The Morgan fingerprint density at radius 3 is 0.632 bits per heavy atom. The van der Waals surface area contributed by atoms with Gasteiger partial charge in [0.15, 0.2) is 0 Å². The molecular formula is C18H21Sc. The van der Waals surface area contributed by atoms with Gasteiger partial charge in [-0.1, -0.05) is 20.8 Å². The molecule has 0 nitrogen and oxygen atoms in total. The van der Waals surface area contributed by atoms with Crippen molar-refractivity contribution in [3.05, 3.63) is 89.5 Å². The zero-order valence-electron chi connectivity index (χ0n) is 12.0. The zero-order valence-corrected chi connectivity index (χ0v) is 13.8. The summed E-state index contributed by atoms with van der Waals surface area (Å²) in [5.41, 5.74) is 4.03. The number of hydrogen-bond donors (Lipinski definition) is 0. The van der Waals surface area contributed by atoms with Gasteiger partial charge >= 0.3 is 25.8 Å². The molecule has 0 saturated heterocycles. The Bertz CT molecular complexity index is 393. The average Bonchev–Trinajstić information content (AvgIpc) is 3.05. The maximum absolute atomic E-state index is 2.08. The van der Waals surface area contributed by atoms with Crippen LogP contribution in [-0.4, -0.2) is 0 Å². The monoisotopic (exact) mass is 282 g/mol. The zero-order chi connectivity index (χ0) is 13.2. The molecule has 0 heterocycles. The van der Waals surface area contributed by atoms with Crippen LogP contribution in [0.3, 0.4) is 0 Å². The number of aryl methyl sites for hydroxylation is 3. The quantitative estimate of drug-likeness (QED) is 0.501. The van der Waals surface area contributed by atoms with E-state index in [1.54, 1.807) is 0 Å². The minimum absolute atomic E-state index is 0. The standard InChI is InChI=1S/3C6H7.Sc/c3*1-6-4-2-3-5-6;/h3*2-5H,1H3;/q3*-1;+3. The van der Waals surface area contributed by atoms with Crippen LogP contribution in [0, 0.1) is 20.8 Å². The Morgan fingerprint density at radius 1 is 0.421 bits per heavy atom. The van der Waals surface area contributed by atoms with Crippen molar-refractivity contribution in [2.24, 2.45) is 0 Å². The first-order valence-electron chi connectivity index (χ1n) is 6.23. The number of hydrogen-bond acceptors (Lipinski definition) is 0. The molecule has 0 radical (unpaired) electrons. The molecule has 0 amide bonds. The van der Waals surface area contributed by atoms with E-state index in [4.69, 9.17) is 0 Å². The minimum atomic E-state index is 0. The second-order valence-electron chi connectivity index (χ2n) is 4.39. The fraction of sp³-hybridized carbons (Fsp3) is 0.167. The van der Waals surface area contributed by atoms with Crippen molar-refractivity contribution in [2.45, 2.75) is 20.8 Å². The minimum Gasteiger partial charge on any atom is -0.213 e. The first kappa shape index (κ1) is 17.9. The molecule has 3 rings (SSSR count). The maximum atomic E-state index is 2.08. The van der Waals surface area contributed by atoms with E-state index >= 15 is 0 Å². The molecule has 19 heavy (non-hydrogen) atoms. The third kappa shape index (κ3) is 9.49. The van der Waals surface area contributed by atoms with Crippen LogP contribution >= 0.6 is 0 Å². The van der Waals surface area contributed by atoms with Crippen molar-refractivity contribution in [1.29, 1.82) is 0 Å². The van der Waals surface area contributed by atoms with Gasteiger partial charge in [-0.3, -0.25) is 0 Å². The molecule has 0 aliphatic carbocycles. The van der Waals surface area contributed by atoms with Gasteiger partial charge in [0.1, 0.15) is 0 Å². The summed E-state index contributed by atoms with van der Waals surface area (Å²) >= 11 is 0. The molecule has 0 bridgehead atoms. The van der Waals surface area contributed by atoms with E-state index in [0.717, 1.165) is 0 Å². The van der Waals surface area contributed by atoms with Gasteiger partial charge in [-0.05, 0) is 0 Å². The van der Waals surface area contributed by atoms with Gasteiger partial charge in [-0.15, -0.1) is 0 Å². The smallest absolute Gasteiger partial charge is 0.213 e. The summed E-state index contributed by atoms with van der Waals surface area (Å²) in [5, 5.41) is 0. The molecule has 96 valence electrons. The molecule has 1 heteroatoms. The summed E-state index contributed by atoms with van der Waals surface area (Å²) < 4.78 is 0. The van der Waals surface area contributed by atoms with E-state index in [1.165, 1.54) is 16.7 Å². The van der Waals surface area contributed by atoms with Gasteiger partial charge in [0.05, 0.1) is 0 Å². The maximum Gasteiger partial charge on any atom is 3.00 e. The molecule has 0 aliphatic heterocycles. The van der Waals surface area contributed by atoms with Gasteiger partial charge in [0.2, 0.25) is 0 Å². The van der Waals surface area contributed by atoms with Gasteiger partial charge in [0.25, 0.3) is 0 Å². The van der Waals surface area contributed by atoms with Crippen molar-refractivity contribution in [3.63, 3.8) is 0 Å². The molecule has 0 N–H and O–H groups in total. The van der Waals surface area contributed by atoms with Crippen molar-refractivity contribution < 1.29 is 25.8 Å². The topological polar surface area (TPSA) is 0 Å². The molecule has 0 spiro atoms. The molecule has 0 saturated carbocycles.